The van der Waals surface area contributed by atoms with Gasteiger partial charge in [-0.1, -0.05) is 54.6 Å². The average molecular weight is 460 g/mol. The molecule has 0 aliphatic heterocycles. The third kappa shape index (κ3) is 11.6. The van der Waals surface area contributed by atoms with Crippen molar-refractivity contribution in [3.63, 3.8) is 0 Å². The minimum absolute atomic E-state index is 0. The van der Waals surface area contributed by atoms with E-state index in [4.69, 9.17) is 0 Å². The van der Waals surface area contributed by atoms with Gasteiger partial charge in [-0.2, -0.15) is 0 Å². The van der Waals surface area contributed by atoms with E-state index in [-0.39, 0.29) is 109 Å². The molecule has 0 N–H and O–H groups in total. The van der Waals surface area contributed by atoms with Crippen LogP contribution in [-0.2, 0) is 32.0 Å². The van der Waals surface area contributed by atoms with E-state index >= 15 is 0 Å². The maximum Gasteiger partial charge on any atom is 1.00 e. The van der Waals surface area contributed by atoms with Crippen molar-refractivity contribution in [1.82, 2.24) is 0 Å². The monoisotopic (exact) mass is 459 g/mol. The molecule has 0 amide bonds. The standard InChI is InChI=1S/C17H19O6PS.2K/c18-24(19)23-17(25(20,21)22)11-5-9-15-8-4-10-16(13-15)12-14-6-2-1-3-7-14;;/h1-4,6-8,10,13,17H,5,9,11-12H2,(H,20,21,22);;/q;2*+1/p-1. The van der Waals surface area contributed by atoms with Crippen LogP contribution >= 0.6 is 8.25 Å². The molecule has 2 atom stereocenters. The normalized spacial score (nSPS) is 12.4. The predicted octanol–water partition coefficient (Wildman–Crippen LogP) is -3.49. The summed E-state index contributed by atoms with van der Waals surface area (Å²) in [4.78, 5) is 10.5. The van der Waals surface area contributed by atoms with E-state index in [0.29, 0.717) is 12.8 Å². The van der Waals surface area contributed by atoms with Crippen molar-refractivity contribution < 1.29 is 130 Å². The van der Waals surface area contributed by atoms with Crippen LogP contribution in [0.5, 0.6) is 0 Å². The summed E-state index contributed by atoms with van der Waals surface area (Å²) < 4.78 is 47.8. The minimum atomic E-state index is -4.82. The number of hydrogen-bond donors (Lipinski definition) is 0. The first-order valence-electron chi connectivity index (χ1n) is 7.72. The van der Waals surface area contributed by atoms with Crippen LogP contribution in [0.3, 0.4) is 0 Å². The third-order valence-corrected chi connectivity index (χ3v) is 5.22. The van der Waals surface area contributed by atoms with Gasteiger partial charge < -0.3 is 9.45 Å². The summed E-state index contributed by atoms with van der Waals surface area (Å²) in [6, 6.07) is 17.8. The van der Waals surface area contributed by atoms with Gasteiger partial charge in [0.1, 0.15) is 10.1 Å². The molecule has 2 aromatic carbocycles. The summed E-state index contributed by atoms with van der Waals surface area (Å²) in [5.74, 6) is 0. The molecule has 0 aliphatic rings. The van der Waals surface area contributed by atoms with Gasteiger partial charge in [-0.15, -0.1) is 4.52 Å². The zero-order valence-corrected chi connectivity index (χ0v) is 23.4. The van der Waals surface area contributed by atoms with Gasteiger partial charge in [-0.3, -0.25) is 0 Å². The topological polar surface area (TPSA) is 107 Å². The van der Waals surface area contributed by atoms with Crippen molar-refractivity contribution >= 4 is 18.4 Å². The maximum absolute atomic E-state index is 11.0. The Morgan fingerprint density at radius 3 is 2.15 bits per heavy atom. The van der Waals surface area contributed by atoms with E-state index in [1.807, 2.05) is 54.6 Å². The van der Waals surface area contributed by atoms with Gasteiger partial charge in [0.2, 0.25) is 5.44 Å². The molecular formula is C17H18K2O6PS+. The average Bonchev–Trinajstić information content (AvgIpc) is 2.54. The SMILES string of the molecule is O=[P+]([O-])OC(CCCc1cccc(Cc2ccccc2)c1)S(=O)(=O)[O-].[K+].[K+]. The van der Waals surface area contributed by atoms with Crippen molar-refractivity contribution in [2.75, 3.05) is 0 Å². The summed E-state index contributed by atoms with van der Waals surface area (Å²) >= 11 is 0. The van der Waals surface area contributed by atoms with Gasteiger partial charge in [0.15, 0.2) is 0 Å². The Labute approximate surface area is 246 Å². The second-order valence-electron chi connectivity index (χ2n) is 5.63. The smallest absolute Gasteiger partial charge is 0.746 e. The van der Waals surface area contributed by atoms with Crippen LogP contribution in [0.25, 0.3) is 0 Å². The van der Waals surface area contributed by atoms with Crippen molar-refractivity contribution in [2.45, 2.75) is 31.1 Å². The Kier molecular flexibility index (Phi) is 15.5. The Morgan fingerprint density at radius 2 is 1.56 bits per heavy atom. The number of hydrogen-bond acceptors (Lipinski definition) is 6. The molecule has 2 aromatic rings. The van der Waals surface area contributed by atoms with E-state index in [9.17, 15) is 22.4 Å². The summed E-state index contributed by atoms with van der Waals surface area (Å²) in [6.45, 7) is 0. The number of benzene rings is 2. The molecule has 2 rings (SSSR count). The van der Waals surface area contributed by atoms with Crippen LogP contribution < -0.4 is 108 Å². The van der Waals surface area contributed by atoms with E-state index in [1.165, 1.54) is 5.56 Å². The second kappa shape index (κ2) is 14.6. The van der Waals surface area contributed by atoms with Crippen LogP contribution in [-0.4, -0.2) is 18.4 Å². The molecule has 0 heterocycles. The van der Waals surface area contributed by atoms with E-state index in [2.05, 4.69) is 4.52 Å². The Hall–Kier alpha value is 1.64. The third-order valence-electron chi connectivity index (χ3n) is 3.67. The molecule has 10 heteroatoms. The fraction of sp³-hybridized carbons (Fsp3) is 0.294. The molecule has 0 fully saturated rings. The zero-order valence-electron chi connectivity index (χ0n) is 15.4. The van der Waals surface area contributed by atoms with Crippen LogP contribution in [0.1, 0.15) is 29.5 Å². The summed E-state index contributed by atoms with van der Waals surface area (Å²) in [7, 11) is -8.21. The summed E-state index contributed by atoms with van der Waals surface area (Å²) in [6.07, 6.45) is 1.46. The van der Waals surface area contributed by atoms with Crippen LogP contribution in [0.4, 0.5) is 0 Å². The fourth-order valence-corrected chi connectivity index (χ4v) is 3.93. The van der Waals surface area contributed by atoms with Crippen molar-refractivity contribution in [3.05, 3.63) is 71.3 Å². The van der Waals surface area contributed by atoms with E-state index in [0.717, 1.165) is 17.5 Å². The largest absolute Gasteiger partial charge is 1.00 e. The molecule has 2 unspecified atom stereocenters. The van der Waals surface area contributed by atoms with Crippen LogP contribution in [0.15, 0.2) is 54.6 Å². The van der Waals surface area contributed by atoms with Gasteiger partial charge in [0.25, 0.3) is 0 Å². The maximum atomic E-state index is 11.0. The molecule has 6 nitrogen and oxygen atoms in total. The Balaban J connectivity index is 0.00000338. The molecule has 27 heavy (non-hydrogen) atoms. The van der Waals surface area contributed by atoms with Crippen molar-refractivity contribution in [2.24, 2.45) is 0 Å². The van der Waals surface area contributed by atoms with Gasteiger partial charge in [-0.05, 0) is 46.9 Å². The molecule has 134 valence electrons. The number of rotatable bonds is 9. The summed E-state index contributed by atoms with van der Waals surface area (Å²) in [5.41, 5.74) is 1.43. The molecule has 0 aliphatic carbocycles. The molecule has 0 radical (unpaired) electrons. The quantitative estimate of drug-likeness (QED) is 0.219. The van der Waals surface area contributed by atoms with Gasteiger partial charge in [0, 0.05) is 0 Å². The molecule has 0 saturated heterocycles. The van der Waals surface area contributed by atoms with Crippen LogP contribution in [0.2, 0.25) is 0 Å². The van der Waals surface area contributed by atoms with Gasteiger partial charge in [-0.25, -0.2) is 8.42 Å². The second-order valence-corrected chi connectivity index (χ2v) is 7.80. The van der Waals surface area contributed by atoms with E-state index < -0.39 is 23.8 Å². The zero-order chi connectivity index (χ0) is 18.3. The van der Waals surface area contributed by atoms with Gasteiger partial charge >= 0.3 is 111 Å². The van der Waals surface area contributed by atoms with Crippen molar-refractivity contribution in [3.8, 4) is 0 Å². The molecule has 0 spiro atoms. The van der Waals surface area contributed by atoms with Crippen LogP contribution in [0, 0.1) is 0 Å². The Bertz CT molecular complexity index is 817. The molecular weight excluding hydrogens is 441 g/mol. The number of aryl methyl sites for hydroxylation is 1. The molecule has 0 saturated carbocycles. The fourth-order valence-electron chi connectivity index (χ4n) is 2.55. The first kappa shape index (κ1) is 28.6. The molecule has 0 bridgehead atoms. The predicted molar refractivity (Wildman–Crippen MR) is 90.8 cm³/mol. The van der Waals surface area contributed by atoms with Crippen molar-refractivity contribution in [1.29, 1.82) is 0 Å². The van der Waals surface area contributed by atoms with Gasteiger partial charge in [0.05, 0.1) is 0 Å². The van der Waals surface area contributed by atoms with E-state index in [1.54, 1.807) is 0 Å². The first-order valence-corrected chi connectivity index (χ1v) is 10.3. The minimum Gasteiger partial charge on any atom is -0.746 e. The first-order chi connectivity index (χ1) is 11.8. The summed E-state index contributed by atoms with van der Waals surface area (Å²) in [5, 5.41) is 0. The Morgan fingerprint density at radius 1 is 0.963 bits per heavy atom. The molecule has 0 aromatic heterocycles.